The first-order valence-electron chi connectivity index (χ1n) is 5.81. The van der Waals surface area contributed by atoms with Gasteiger partial charge in [-0.15, -0.1) is 11.3 Å². The Kier molecular flexibility index (Phi) is 6.44. The zero-order chi connectivity index (χ0) is 12.8. The third kappa shape index (κ3) is 4.94. The van der Waals surface area contributed by atoms with Gasteiger partial charge in [0.1, 0.15) is 0 Å². The number of nitrogens with zero attached hydrogens (tertiary/aromatic N) is 1. The van der Waals surface area contributed by atoms with E-state index in [9.17, 15) is 0 Å². The Hall–Kier alpha value is -0.130. The first kappa shape index (κ1) is 14.9. The number of ether oxygens (including phenoxy) is 1. The summed E-state index contributed by atoms with van der Waals surface area (Å²) < 4.78 is 6.35. The monoisotopic (exact) mass is 276 g/mol. The van der Waals surface area contributed by atoms with Gasteiger partial charge in [0.05, 0.1) is 23.1 Å². The van der Waals surface area contributed by atoms with Gasteiger partial charge in [-0.2, -0.15) is 0 Å². The lowest BCUT2D eigenvalue weighted by atomic mass is 10.2. The molecule has 1 aromatic heterocycles. The first-order valence-corrected chi connectivity index (χ1v) is 7.01. The maximum atomic E-state index is 5.95. The normalized spacial score (nSPS) is 13.6. The molecular weight excluding hydrogens is 256 g/mol. The second-order valence-corrected chi connectivity index (χ2v) is 6.04. The van der Waals surface area contributed by atoms with Crippen LogP contribution in [0.5, 0.6) is 0 Å². The van der Waals surface area contributed by atoms with E-state index in [2.05, 4.69) is 11.9 Å². The van der Waals surface area contributed by atoms with E-state index in [0.29, 0.717) is 6.54 Å². The third-order valence-corrected chi connectivity index (χ3v) is 3.91. The van der Waals surface area contributed by atoms with E-state index in [0.717, 1.165) is 17.5 Å². The standard InChI is InChI=1S/C12H21ClN2OS/c1-9(2)16-7-6-15(3)10(8-14)11-4-5-12(13)17-11/h4-5,9-10H,6-8,14H2,1-3H3. The number of hydrogen-bond acceptors (Lipinski definition) is 4. The molecule has 3 nitrogen and oxygen atoms in total. The number of thiophene rings is 1. The van der Waals surface area contributed by atoms with Crippen LogP contribution >= 0.6 is 22.9 Å². The van der Waals surface area contributed by atoms with Gasteiger partial charge in [0.25, 0.3) is 0 Å². The Morgan fingerprint density at radius 1 is 1.47 bits per heavy atom. The van der Waals surface area contributed by atoms with Gasteiger partial charge in [-0.3, -0.25) is 4.90 Å². The highest BCUT2D eigenvalue weighted by atomic mass is 35.5. The highest BCUT2D eigenvalue weighted by molar-refractivity contribution is 7.16. The number of rotatable bonds is 7. The van der Waals surface area contributed by atoms with Gasteiger partial charge in [0.15, 0.2) is 0 Å². The summed E-state index contributed by atoms with van der Waals surface area (Å²) in [6.45, 7) is 6.27. The minimum atomic E-state index is 0.225. The Morgan fingerprint density at radius 3 is 2.65 bits per heavy atom. The molecule has 0 aromatic carbocycles. The van der Waals surface area contributed by atoms with Crippen LogP contribution in [0.3, 0.4) is 0 Å². The highest BCUT2D eigenvalue weighted by Crippen LogP contribution is 2.29. The second-order valence-electron chi connectivity index (χ2n) is 4.29. The molecule has 2 N–H and O–H groups in total. The zero-order valence-corrected chi connectivity index (χ0v) is 12.2. The van der Waals surface area contributed by atoms with Crippen molar-refractivity contribution in [3.63, 3.8) is 0 Å². The predicted molar refractivity (Wildman–Crippen MR) is 74.8 cm³/mol. The van der Waals surface area contributed by atoms with Crippen molar-refractivity contribution in [1.29, 1.82) is 0 Å². The molecule has 1 atom stereocenters. The fourth-order valence-corrected chi connectivity index (χ4v) is 2.85. The van der Waals surface area contributed by atoms with Crippen LogP contribution < -0.4 is 5.73 Å². The molecule has 0 aliphatic carbocycles. The molecule has 0 saturated carbocycles. The molecule has 0 fully saturated rings. The lowest BCUT2D eigenvalue weighted by molar-refractivity contribution is 0.0567. The molecule has 0 aliphatic rings. The Balaban J connectivity index is 2.49. The van der Waals surface area contributed by atoms with Gasteiger partial charge in [-0.1, -0.05) is 11.6 Å². The van der Waals surface area contributed by atoms with Crippen LogP contribution in [-0.4, -0.2) is 37.7 Å². The number of hydrogen-bond donors (Lipinski definition) is 1. The van der Waals surface area contributed by atoms with Crippen molar-refractivity contribution in [3.8, 4) is 0 Å². The van der Waals surface area contributed by atoms with E-state index in [4.69, 9.17) is 22.1 Å². The molecule has 1 unspecified atom stereocenters. The molecule has 1 heterocycles. The molecule has 0 radical (unpaired) electrons. The number of nitrogens with two attached hydrogens (primary N) is 1. The van der Waals surface area contributed by atoms with Crippen molar-refractivity contribution in [2.24, 2.45) is 5.73 Å². The minimum Gasteiger partial charge on any atom is -0.377 e. The van der Waals surface area contributed by atoms with Gasteiger partial charge in [0, 0.05) is 18.0 Å². The molecule has 0 amide bonds. The van der Waals surface area contributed by atoms with Crippen molar-refractivity contribution in [2.45, 2.75) is 26.0 Å². The maximum absolute atomic E-state index is 5.95. The van der Waals surface area contributed by atoms with E-state index in [1.54, 1.807) is 11.3 Å². The topological polar surface area (TPSA) is 38.5 Å². The van der Waals surface area contributed by atoms with E-state index in [-0.39, 0.29) is 12.1 Å². The summed E-state index contributed by atoms with van der Waals surface area (Å²) in [4.78, 5) is 3.43. The molecular formula is C12H21ClN2OS. The summed E-state index contributed by atoms with van der Waals surface area (Å²) in [6.07, 6.45) is 0.274. The van der Waals surface area contributed by atoms with Crippen LogP contribution in [0.4, 0.5) is 0 Å². The lowest BCUT2D eigenvalue weighted by Crippen LogP contribution is -2.33. The molecule has 0 bridgehead atoms. The average Bonchev–Trinajstić information content (AvgIpc) is 2.65. The van der Waals surface area contributed by atoms with Crippen LogP contribution in [0.15, 0.2) is 12.1 Å². The van der Waals surface area contributed by atoms with Crippen molar-refractivity contribution in [3.05, 3.63) is 21.3 Å². The van der Waals surface area contributed by atoms with E-state index < -0.39 is 0 Å². The summed E-state index contributed by atoms with van der Waals surface area (Å²) in [5.41, 5.74) is 5.83. The second kappa shape index (κ2) is 7.34. The minimum absolute atomic E-state index is 0.225. The summed E-state index contributed by atoms with van der Waals surface area (Å²) >= 11 is 7.54. The van der Waals surface area contributed by atoms with Gasteiger partial charge >= 0.3 is 0 Å². The van der Waals surface area contributed by atoms with E-state index in [1.807, 2.05) is 26.0 Å². The molecule has 0 saturated heterocycles. The summed E-state index contributed by atoms with van der Waals surface area (Å²) in [7, 11) is 2.06. The SMILES string of the molecule is CC(C)OCCN(C)C(CN)c1ccc(Cl)s1. The van der Waals surface area contributed by atoms with E-state index >= 15 is 0 Å². The molecule has 1 rings (SSSR count). The van der Waals surface area contributed by atoms with Gasteiger partial charge in [0.2, 0.25) is 0 Å². The van der Waals surface area contributed by atoms with Crippen LogP contribution in [0.25, 0.3) is 0 Å². The zero-order valence-electron chi connectivity index (χ0n) is 10.6. The van der Waals surface area contributed by atoms with Gasteiger partial charge in [-0.25, -0.2) is 0 Å². The molecule has 5 heteroatoms. The van der Waals surface area contributed by atoms with Crippen molar-refractivity contribution < 1.29 is 4.74 Å². The van der Waals surface area contributed by atoms with Crippen LogP contribution in [0, 0.1) is 0 Å². The largest absolute Gasteiger partial charge is 0.377 e. The predicted octanol–water partition coefficient (Wildman–Crippen LogP) is 2.76. The van der Waals surface area contributed by atoms with Crippen molar-refractivity contribution >= 4 is 22.9 Å². The molecule has 0 aliphatic heterocycles. The van der Waals surface area contributed by atoms with Crippen molar-refractivity contribution in [1.82, 2.24) is 4.90 Å². The average molecular weight is 277 g/mol. The number of halogens is 1. The summed E-state index contributed by atoms with van der Waals surface area (Å²) in [5, 5.41) is 0. The fourth-order valence-electron chi connectivity index (χ4n) is 1.61. The lowest BCUT2D eigenvalue weighted by Gasteiger charge is -2.26. The maximum Gasteiger partial charge on any atom is 0.0931 e. The fraction of sp³-hybridized carbons (Fsp3) is 0.667. The Morgan fingerprint density at radius 2 is 2.18 bits per heavy atom. The van der Waals surface area contributed by atoms with Gasteiger partial charge in [-0.05, 0) is 33.0 Å². The number of likely N-dealkylation sites (N-methyl/N-ethyl adjacent to an activating group) is 1. The smallest absolute Gasteiger partial charge is 0.0931 e. The van der Waals surface area contributed by atoms with Crippen molar-refractivity contribution in [2.75, 3.05) is 26.7 Å². The molecule has 1 aromatic rings. The quantitative estimate of drug-likeness (QED) is 0.832. The molecule has 0 spiro atoms. The van der Waals surface area contributed by atoms with Crippen LogP contribution in [0.1, 0.15) is 24.8 Å². The third-order valence-electron chi connectivity index (χ3n) is 2.57. The highest BCUT2D eigenvalue weighted by Gasteiger charge is 2.17. The van der Waals surface area contributed by atoms with Crippen LogP contribution in [0.2, 0.25) is 4.34 Å². The van der Waals surface area contributed by atoms with Crippen LogP contribution in [-0.2, 0) is 4.74 Å². The summed E-state index contributed by atoms with van der Waals surface area (Å²) in [6, 6.07) is 4.19. The van der Waals surface area contributed by atoms with Gasteiger partial charge < -0.3 is 10.5 Å². The Bertz CT molecular complexity index is 330. The first-order chi connectivity index (χ1) is 8.04. The Labute approximate surface area is 113 Å². The summed E-state index contributed by atoms with van der Waals surface area (Å²) in [5.74, 6) is 0. The molecule has 17 heavy (non-hydrogen) atoms. The molecule has 98 valence electrons. The van der Waals surface area contributed by atoms with E-state index in [1.165, 1.54) is 4.88 Å².